The Bertz CT molecular complexity index is 743. The molecule has 1 aliphatic rings. The predicted molar refractivity (Wildman–Crippen MR) is 84.3 cm³/mol. The number of methoxy groups -OCH3 is 1. The number of fused-ring (bicyclic) bond motifs is 1. The third-order valence-electron chi connectivity index (χ3n) is 4.01. The molecule has 5 heteroatoms. The third-order valence-corrected chi connectivity index (χ3v) is 4.01. The molecule has 2 aromatic carbocycles. The number of benzene rings is 2. The molecule has 2 aromatic rings. The van der Waals surface area contributed by atoms with E-state index < -0.39 is 0 Å². The molecular formula is C17H18N2O3. The molecule has 0 saturated carbocycles. The number of aryl methyl sites for hydroxylation is 1. The van der Waals surface area contributed by atoms with Crippen molar-refractivity contribution >= 4 is 11.6 Å². The molecule has 0 saturated heterocycles. The minimum Gasteiger partial charge on any atom is -0.504 e. The van der Waals surface area contributed by atoms with Gasteiger partial charge in [-0.2, -0.15) is 0 Å². The highest BCUT2D eigenvalue weighted by atomic mass is 16.5. The lowest BCUT2D eigenvalue weighted by molar-refractivity contribution is 0.0734. The fourth-order valence-electron chi connectivity index (χ4n) is 2.79. The van der Waals surface area contributed by atoms with Crippen LogP contribution in [0.15, 0.2) is 36.4 Å². The fourth-order valence-corrected chi connectivity index (χ4v) is 2.79. The normalized spacial score (nSPS) is 17.0. The maximum absolute atomic E-state index is 12.6. The number of phenols is 1. The average molecular weight is 298 g/mol. The molecule has 1 heterocycles. The minimum atomic E-state index is -0.335. The van der Waals surface area contributed by atoms with Crippen LogP contribution in [0.2, 0.25) is 0 Å². The number of ether oxygens (including phenoxy) is 1. The standard InChI is InChI=1S/C17H18N2O3/c1-10-5-4-6-12-15(10)17(21)19(2)16(18-12)11-7-8-14(22-3)13(20)9-11/h4-9,16,18,20H,1-3H3/t16-/m1/s1. The van der Waals surface area contributed by atoms with E-state index in [1.165, 1.54) is 7.11 Å². The second kappa shape index (κ2) is 5.26. The monoisotopic (exact) mass is 298 g/mol. The van der Waals surface area contributed by atoms with Crippen molar-refractivity contribution in [1.82, 2.24) is 4.90 Å². The summed E-state index contributed by atoms with van der Waals surface area (Å²) in [7, 11) is 3.25. The highest BCUT2D eigenvalue weighted by Crippen LogP contribution is 2.36. The highest BCUT2D eigenvalue weighted by Gasteiger charge is 2.31. The highest BCUT2D eigenvalue weighted by molar-refractivity contribution is 6.02. The van der Waals surface area contributed by atoms with Crippen LogP contribution in [0.25, 0.3) is 0 Å². The Morgan fingerprint density at radius 3 is 2.73 bits per heavy atom. The first kappa shape index (κ1) is 14.3. The summed E-state index contributed by atoms with van der Waals surface area (Å²) in [6, 6.07) is 10.9. The Labute approximate surface area is 129 Å². The van der Waals surface area contributed by atoms with Gasteiger partial charge in [0.15, 0.2) is 11.5 Å². The van der Waals surface area contributed by atoms with Gasteiger partial charge in [-0.3, -0.25) is 4.79 Å². The van der Waals surface area contributed by atoms with Crippen molar-refractivity contribution < 1.29 is 14.6 Å². The first-order valence-electron chi connectivity index (χ1n) is 7.03. The van der Waals surface area contributed by atoms with Crippen molar-refractivity contribution in [2.75, 3.05) is 19.5 Å². The first-order chi connectivity index (χ1) is 10.5. The number of nitrogens with one attached hydrogen (secondary N) is 1. The first-order valence-corrected chi connectivity index (χ1v) is 7.03. The lowest BCUT2D eigenvalue weighted by atomic mass is 10.00. The van der Waals surface area contributed by atoms with Gasteiger partial charge in [0.2, 0.25) is 0 Å². The second-order valence-electron chi connectivity index (χ2n) is 5.39. The van der Waals surface area contributed by atoms with Crippen molar-refractivity contribution in [3.8, 4) is 11.5 Å². The number of hydrogen-bond donors (Lipinski definition) is 2. The van der Waals surface area contributed by atoms with Crippen LogP contribution in [-0.2, 0) is 0 Å². The summed E-state index contributed by atoms with van der Waals surface area (Å²) in [5, 5.41) is 13.3. The molecule has 0 unspecified atom stereocenters. The summed E-state index contributed by atoms with van der Waals surface area (Å²) < 4.78 is 5.06. The van der Waals surface area contributed by atoms with Gasteiger partial charge in [0.05, 0.1) is 12.7 Å². The molecule has 22 heavy (non-hydrogen) atoms. The number of carbonyl (C=O) groups is 1. The molecule has 0 fully saturated rings. The minimum absolute atomic E-state index is 0.0350. The van der Waals surface area contributed by atoms with Crippen molar-refractivity contribution in [2.24, 2.45) is 0 Å². The maximum Gasteiger partial charge on any atom is 0.257 e. The molecule has 0 spiro atoms. The van der Waals surface area contributed by atoms with Crippen molar-refractivity contribution in [2.45, 2.75) is 13.1 Å². The van der Waals surface area contributed by atoms with E-state index in [-0.39, 0.29) is 17.8 Å². The summed E-state index contributed by atoms with van der Waals surface area (Å²) in [5.74, 6) is 0.426. The molecule has 1 atom stereocenters. The Kier molecular flexibility index (Phi) is 3.41. The van der Waals surface area contributed by atoms with Gasteiger partial charge in [-0.05, 0) is 36.2 Å². The number of aromatic hydroxyl groups is 1. The number of carbonyl (C=O) groups excluding carboxylic acids is 1. The Morgan fingerprint density at radius 1 is 1.27 bits per heavy atom. The van der Waals surface area contributed by atoms with Gasteiger partial charge in [0.25, 0.3) is 5.91 Å². The van der Waals surface area contributed by atoms with Gasteiger partial charge >= 0.3 is 0 Å². The van der Waals surface area contributed by atoms with E-state index in [0.717, 1.165) is 16.8 Å². The van der Waals surface area contributed by atoms with Crippen LogP contribution in [0.5, 0.6) is 11.5 Å². The van der Waals surface area contributed by atoms with E-state index in [9.17, 15) is 9.90 Å². The Hall–Kier alpha value is -2.69. The van der Waals surface area contributed by atoms with Gasteiger partial charge in [-0.15, -0.1) is 0 Å². The van der Waals surface area contributed by atoms with Gasteiger partial charge in [0, 0.05) is 12.7 Å². The second-order valence-corrected chi connectivity index (χ2v) is 5.39. The lowest BCUT2D eigenvalue weighted by Gasteiger charge is -2.36. The summed E-state index contributed by atoms with van der Waals surface area (Å²) in [6.45, 7) is 1.92. The molecule has 1 amide bonds. The summed E-state index contributed by atoms with van der Waals surface area (Å²) in [5.41, 5.74) is 3.24. The number of anilines is 1. The molecule has 114 valence electrons. The molecule has 0 radical (unpaired) electrons. The maximum atomic E-state index is 12.6. The SMILES string of the molecule is COc1ccc([C@@H]2Nc3cccc(C)c3C(=O)N2C)cc1O. The van der Waals surface area contributed by atoms with E-state index in [0.29, 0.717) is 11.3 Å². The zero-order valence-corrected chi connectivity index (χ0v) is 12.8. The fraction of sp³-hybridized carbons (Fsp3) is 0.235. The van der Waals surface area contributed by atoms with E-state index in [1.807, 2.05) is 31.2 Å². The van der Waals surface area contributed by atoms with Crippen LogP contribution in [0, 0.1) is 6.92 Å². The largest absolute Gasteiger partial charge is 0.504 e. The Balaban J connectivity index is 2.03. The van der Waals surface area contributed by atoms with Crippen LogP contribution >= 0.6 is 0 Å². The van der Waals surface area contributed by atoms with Gasteiger partial charge in [0.1, 0.15) is 6.17 Å². The predicted octanol–water partition coefficient (Wildman–Crippen LogP) is 2.91. The molecular weight excluding hydrogens is 280 g/mol. The third kappa shape index (κ3) is 2.15. The Morgan fingerprint density at radius 2 is 2.05 bits per heavy atom. The molecule has 5 nitrogen and oxygen atoms in total. The van der Waals surface area contributed by atoms with E-state index in [1.54, 1.807) is 24.1 Å². The zero-order chi connectivity index (χ0) is 15.9. The van der Waals surface area contributed by atoms with Crippen molar-refractivity contribution in [3.05, 3.63) is 53.1 Å². The number of nitrogens with zero attached hydrogens (tertiary/aromatic N) is 1. The van der Waals surface area contributed by atoms with Crippen LogP contribution in [0.3, 0.4) is 0 Å². The van der Waals surface area contributed by atoms with Crippen molar-refractivity contribution in [1.29, 1.82) is 0 Å². The number of amides is 1. The van der Waals surface area contributed by atoms with Gasteiger partial charge < -0.3 is 20.1 Å². The molecule has 0 bridgehead atoms. The molecule has 0 aliphatic carbocycles. The van der Waals surface area contributed by atoms with Gasteiger partial charge in [-0.1, -0.05) is 18.2 Å². The number of phenolic OH excluding ortho intramolecular Hbond substituents is 1. The van der Waals surface area contributed by atoms with Crippen LogP contribution in [-0.4, -0.2) is 30.1 Å². The molecule has 0 aromatic heterocycles. The van der Waals surface area contributed by atoms with Crippen LogP contribution in [0.4, 0.5) is 5.69 Å². The van der Waals surface area contributed by atoms with E-state index in [4.69, 9.17) is 4.74 Å². The summed E-state index contributed by atoms with van der Waals surface area (Å²) in [6.07, 6.45) is -0.335. The molecule has 3 rings (SSSR count). The molecule has 1 aliphatic heterocycles. The smallest absolute Gasteiger partial charge is 0.257 e. The lowest BCUT2D eigenvalue weighted by Crippen LogP contribution is -2.40. The van der Waals surface area contributed by atoms with E-state index >= 15 is 0 Å². The number of rotatable bonds is 2. The summed E-state index contributed by atoms with van der Waals surface area (Å²) >= 11 is 0. The van der Waals surface area contributed by atoms with Gasteiger partial charge in [-0.25, -0.2) is 0 Å². The van der Waals surface area contributed by atoms with E-state index in [2.05, 4.69) is 5.32 Å². The summed E-state index contributed by atoms with van der Waals surface area (Å²) in [4.78, 5) is 14.3. The number of hydrogen-bond acceptors (Lipinski definition) is 4. The van der Waals surface area contributed by atoms with Crippen LogP contribution < -0.4 is 10.1 Å². The average Bonchev–Trinajstić information content (AvgIpc) is 2.50. The topological polar surface area (TPSA) is 61.8 Å². The van der Waals surface area contributed by atoms with Crippen molar-refractivity contribution in [3.63, 3.8) is 0 Å². The quantitative estimate of drug-likeness (QED) is 0.895. The zero-order valence-electron chi connectivity index (χ0n) is 12.8. The van der Waals surface area contributed by atoms with Crippen LogP contribution in [0.1, 0.15) is 27.7 Å². The molecule has 2 N–H and O–H groups in total.